The van der Waals surface area contributed by atoms with E-state index in [0.29, 0.717) is 6.42 Å². The first-order valence-corrected chi connectivity index (χ1v) is 8.18. The van der Waals surface area contributed by atoms with Crippen LogP contribution in [0.3, 0.4) is 0 Å². The summed E-state index contributed by atoms with van der Waals surface area (Å²) in [5.74, 6) is -1.22. The fraction of sp³-hybridized carbons (Fsp3) is 0.818. The Bertz CT molecular complexity index is 519. The van der Waals surface area contributed by atoms with Crippen molar-refractivity contribution in [3.63, 3.8) is 0 Å². The number of rotatable bonds is 2. The van der Waals surface area contributed by atoms with Crippen LogP contribution >= 0.6 is 0 Å². The van der Waals surface area contributed by atoms with Gasteiger partial charge in [0.05, 0.1) is 17.6 Å². The van der Waals surface area contributed by atoms with Gasteiger partial charge in [0.2, 0.25) is 0 Å². The number of hydrogen-bond acceptors (Lipinski definition) is 5. The summed E-state index contributed by atoms with van der Waals surface area (Å²) >= 11 is 0. The minimum atomic E-state index is -3.12. The lowest BCUT2D eigenvalue weighted by Crippen LogP contribution is -2.50. The van der Waals surface area contributed by atoms with Gasteiger partial charge >= 0.3 is 12.0 Å². The summed E-state index contributed by atoms with van der Waals surface area (Å²) in [5, 5.41) is 18.6. The number of hydrogen-bond donors (Lipinski definition) is 2. The van der Waals surface area contributed by atoms with Crippen LogP contribution in [0.5, 0.6) is 0 Å². The molecule has 0 spiro atoms. The average molecular weight is 306 g/mol. The van der Waals surface area contributed by atoms with E-state index in [0.717, 1.165) is 4.90 Å². The lowest BCUT2D eigenvalue weighted by molar-refractivity contribution is -0.141. The Hall–Kier alpha value is -1.35. The van der Waals surface area contributed by atoms with Crippen molar-refractivity contribution < 1.29 is 28.2 Å². The maximum absolute atomic E-state index is 12.3. The summed E-state index contributed by atoms with van der Waals surface area (Å²) in [7, 11) is -1.65. The van der Waals surface area contributed by atoms with Crippen molar-refractivity contribution in [3.8, 4) is 0 Å². The van der Waals surface area contributed by atoms with Crippen LogP contribution in [0.2, 0.25) is 0 Å². The zero-order valence-electron chi connectivity index (χ0n) is 11.1. The predicted molar refractivity (Wildman–Crippen MR) is 69.0 cm³/mol. The zero-order valence-corrected chi connectivity index (χ0v) is 11.9. The maximum Gasteiger partial charge on any atom is 0.326 e. The van der Waals surface area contributed by atoms with Crippen molar-refractivity contribution in [2.45, 2.75) is 31.0 Å². The van der Waals surface area contributed by atoms with Crippen LogP contribution in [0.25, 0.3) is 0 Å². The number of carboxylic acids is 1. The Morgan fingerprint density at radius 1 is 1.35 bits per heavy atom. The van der Waals surface area contributed by atoms with Crippen molar-refractivity contribution in [2.24, 2.45) is 0 Å². The third-order valence-electron chi connectivity index (χ3n) is 3.87. The van der Waals surface area contributed by atoms with Crippen molar-refractivity contribution in [1.29, 1.82) is 0 Å². The first kappa shape index (κ1) is 15.0. The predicted octanol–water partition coefficient (Wildman–Crippen LogP) is -1.25. The van der Waals surface area contributed by atoms with Gasteiger partial charge in [-0.3, -0.25) is 0 Å². The van der Waals surface area contributed by atoms with E-state index in [2.05, 4.69) is 0 Å². The van der Waals surface area contributed by atoms with E-state index in [1.807, 2.05) is 0 Å². The van der Waals surface area contributed by atoms with Gasteiger partial charge in [0.25, 0.3) is 0 Å². The van der Waals surface area contributed by atoms with Gasteiger partial charge in [0, 0.05) is 26.1 Å². The lowest BCUT2D eigenvalue weighted by atomic mass is 10.2. The Kier molecular flexibility index (Phi) is 3.92. The van der Waals surface area contributed by atoms with Gasteiger partial charge in [-0.05, 0) is 6.42 Å². The Balaban J connectivity index is 2.08. The zero-order chi connectivity index (χ0) is 15.1. The van der Waals surface area contributed by atoms with E-state index in [4.69, 9.17) is 5.11 Å². The number of likely N-dealkylation sites (tertiary alicyclic amines) is 1. The quantitative estimate of drug-likeness (QED) is 0.658. The van der Waals surface area contributed by atoms with Gasteiger partial charge in [-0.2, -0.15) is 0 Å². The summed E-state index contributed by atoms with van der Waals surface area (Å²) in [6, 6.07) is -2.03. The van der Waals surface area contributed by atoms with Gasteiger partial charge in [-0.15, -0.1) is 0 Å². The molecule has 2 N–H and O–H groups in total. The molecule has 1 unspecified atom stereocenters. The molecule has 114 valence electrons. The number of nitrogens with zero attached hydrogens (tertiary/aromatic N) is 2. The maximum atomic E-state index is 12.3. The standard InChI is InChI=1S/C11H18N2O6S/c1-12(7-2-3-20(18,19)6-7)11(17)13-5-8(14)4-9(13)10(15)16/h7-9,14H,2-6H2,1H3,(H,15,16)/t7?,8-,9-/m0/s1. The lowest BCUT2D eigenvalue weighted by Gasteiger charge is -2.30. The molecule has 0 bridgehead atoms. The number of aliphatic carboxylic acids is 1. The summed E-state index contributed by atoms with van der Waals surface area (Å²) < 4.78 is 22.9. The summed E-state index contributed by atoms with van der Waals surface area (Å²) in [4.78, 5) is 25.7. The second-order valence-electron chi connectivity index (χ2n) is 5.35. The van der Waals surface area contributed by atoms with Gasteiger partial charge in [-0.1, -0.05) is 0 Å². The summed E-state index contributed by atoms with van der Waals surface area (Å²) in [6.07, 6.45) is -0.503. The molecular formula is C11H18N2O6S. The monoisotopic (exact) mass is 306 g/mol. The van der Waals surface area contributed by atoms with Gasteiger partial charge in [0.1, 0.15) is 6.04 Å². The van der Waals surface area contributed by atoms with Crippen LogP contribution in [0.1, 0.15) is 12.8 Å². The van der Waals surface area contributed by atoms with Gasteiger partial charge in [-0.25, -0.2) is 18.0 Å². The molecule has 2 aliphatic heterocycles. The first-order valence-electron chi connectivity index (χ1n) is 6.36. The van der Waals surface area contributed by atoms with E-state index >= 15 is 0 Å². The molecule has 3 atom stereocenters. The van der Waals surface area contributed by atoms with Crippen LogP contribution < -0.4 is 0 Å². The normalized spacial score (nSPS) is 32.3. The third-order valence-corrected chi connectivity index (χ3v) is 5.62. The second kappa shape index (κ2) is 5.21. The Labute approximate surface area is 116 Å². The number of amides is 2. The number of carbonyl (C=O) groups is 2. The van der Waals surface area contributed by atoms with Crippen LogP contribution in [-0.4, -0.2) is 83.7 Å². The number of urea groups is 1. The van der Waals surface area contributed by atoms with Crippen molar-refractivity contribution in [2.75, 3.05) is 25.1 Å². The molecule has 0 radical (unpaired) electrons. The molecule has 2 rings (SSSR count). The highest BCUT2D eigenvalue weighted by Crippen LogP contribution is 2.23. The van der Waals surface area contributed by atoms with Crippen LogP contribution in [0.15, 0.2) is 0 Å². The summed E-state index contributed by atoms with van der Waals surface area (Å²) in [5.41, 5.74) is 0. The molecule has 0 aromatic rings. The highest BCUT2D eigenvalue weighted by atomic mass is 32.2. The number of aliphatic hydroxyl groups is 1. The molecule has 2 saturated heterocycles. The van der Waals surface area contributed by atoms with Crippen LogP contribution in [0.4, 0.5) is 4.79 Å². The third kappa shape index (κ3) is 2.88. The number of sulfone groups is 1. The Morgan fingerprint density at radius 3 is 2.50 bits per heavy atom. The topological polar surface area (TPSA) is 115 Å². The Morgan fingerprint density at radius 2 is 2.00 bits per heavy atom. The average Bonchev–Trinajstić information content (AvgIpc) is 2.90. The van der Waals surface area contributed by atoms with E-state index < -0.39 is 40.0 Å². The molecule has 9 heteroatoms. The van der Waals surface area contributed by atoms with Crippen molar-refractivity contribution >= 4 is 21.8 Å². The smallest absolute Gasteiger partial charge is 0.326 e. The number of aliphatic hydroxyl groups excluding tert-OH is 1. The van der Waals surface area contributed by atoms with Crippen LogP contribution in [-0.2, 0) is 14.6 Å². The minimum absolute atomic E-state index is 0.00210. The SMILES string of the molecule is CN(C(=O)N1C[C@@H](O)C[C@H]1C(=O)O)C1CCS(=O)(=O)C1. The molecular weight excluding hydrogens is 288 g/mol. The van der Waals surface area contributed by atoms with Crippen molar-refractivity contribution in [3.05, 3.63) is 0 Å². The number of carboxylic acid groups (broad SMARTS) is 1. The van der Waals surface area contributed by atoms with Crippen molar-refractivity contribution in [1.82, 2.24) is 9.80 Å². The van der Waals surface area contributed by atoms with E-state index in [1.54, 1.807) is 0 Å². The molecule has 0 aromatic heterocycles. The van der Waals surface area contributed by atoms with Gasteiger partial charge in [0.15, 0.2) is 9.84 Å². The molecule has 2 amide bonds. The fourth-order valence-electron chi connectivity index (χ4n) is 2.70. The summed E-state index contributed by atoms with van der Waals surface area (Å²) in [6.45, 7) is -0.0421. The molecule has 0 saturated carbocycles. The minimum Gasteiger partial charge on any atom is -0.480 e. The number of carbonyl (C=O) groups excluding carboxylic acids is 1. The van der Waals surface area contributed by atoms with E-state index in [9.17, 15) is 23.1 Å². The second-order valence-corrected chi connectivity index (χ2v) is 7.57. The van der Waals surface area contributed by atoms with Gasteiger partial charge < -0.3 is 20.0 Å². The van der Waals surface area contributed by atoms with E-state index in [-0.39, 0.29) is 24.5 Å². The van der Waals surface area contributed by atoms with Crippen LogP contribution in [0, 0.1) is 0 Å². The molecule has 2 aliphatic rings. The molecule has 8 nitrogen and oxygen atoms in total. The fourth-order valence-corrected chi connectivity index (χ4v) is 4.47. The molecule has 0 aliphatic carbocycles. The molecule has 0 aromatic carbocycles. The highest BCUT2D eigenvalue weighted by Gasteiger charge is 2.42. The number of β-amino-alcohol motifs (C(OH)–C–C–N with tert-alkyl or cyclic N) is 1. The molecule has 2 fully saturated rings. The highest BCUT2D eigenvalue weighted by molar-refractivity contribution is 7.91. The first-order chi connectivity index (χ1) is 9.21. The molecule has 2 heterocycles. The molecule has 20 heavy (non-hydrogen) atoms. The largest absolute Gasteiger partial charge is 0.480 e. The van der Waals surface area contributed by atoms with E-state index in [1.165, 1.54) is 11.9 Å².